The molecule has 2 aliphatic rings. The van der Waals surface area contributed by atoms with E-state index in [0.717, 1.165) is 43.0 Å². The molecule has 1 heterocycles. The van der Waals surface area contributed by atoms with Crippen LogP contribution in [0.15, 0.2) is 18.2 Å². The Balaban J connectivity index is 2.05. The molecule has 82 valence electrons. The highest BCUT2D eigenvalue weighted by Crippen LogP contribution is 2.49. The summed E-state index contributed by atoms with van der Waals surface area (Å²) in [5.74, 6) is 0.936. The average molecular weight is 214 g/mol. The summed E-state index contributed by atoms with van der Waals surface area (Å²) < 4.78 is 5.59. The molecule has 0 amide bonds. The van der Waals surface area contributed by atoms with Gasteiger partial charge in [0.05, 0.1) is 23.7 Å². The number of rotatable bonds is 1. The van der Waals surface area contributed by atoms with Crippen LogP contribution in [-0.2, 0) is 5.41 Å². The molecule has 3 rings (SSSR count). The Hall–Kier alpha value is -1.69. The third-order valence-electron chi connectivity index (χ3n) is 3.57. The van der Waals surface area contributed by atoms with E-state index < -0.39 is 0 Å². The van der Waals surface area contributed by atoms with E-state index in [1.165, 1.54) is 0 Å². The Kier molecular flexibility index (Phi) is 1.88. The molecule has 0 atom stereocenters. The highest BCUT2D eigenvalue weighted by molar-refractivity contribution is 5.63. The van der Waals surface area contributed by atoms with E-state index in [1.54, 1.807) is 0 Å². The lowest BCUT2D eigenvalue weighted by Gasteiger charge is -2.28. The third kappa shape index (κ3) is 1.26. The third-order valence-corrected chi connectivity index (χ3v) is 3.57. The average Bonchev–Trinajstić information content (AvgIpc) is 3.10. The molecule has 0 bridgehead atoms. The van der Waals surface area contributed by atoms with Crippen molar-refractivity contribution in [1.29, 1.82) is 5.26 Å². The van der Waals surface area contributed by atoms with Gasteiger partial charge >= 0.3 is 0 Å². The molecule has 3 heteroatoms. The minimum absolute atomic E-state index is 0.201. The topological polar surface area (TPSA) is 36.3 Å². The summed E-state index contributed by atoms with van der Waals surface area (Å²) >= 11 is 0. The first-order valence-corrected chi connectivity index (χ1v) is 5.65. The van der Waals surface area contributed by atoms with Gasteiger partial charge < -0.3 is 9.64 Å². The number of hydrogen-bond donors (Lipinski definition) is 0. The van der Waals surface area contributed by atoms with E-state index in [-0.39, 0.29) is 5.41 Å². The fourth-order valence-electron chi connectivity index (χ4n) is 2.24. The second-order valence-electron chi connectivity index (χ2n) is 4.65. The number of nitriles is 1. The molecule has 0 unspecified atom stereocenters. The van der Waals surface area contributed by atoms with Crippen LogP contribution in [0.5, 0.6) is 5.75 Å². The standard InChI is InChI=1S/C13H14N2O/c1-15-6-7-16-12-3-2-10(8-11(12)15)13(9-14)4-5-13/h2-3,8H,4-7H2,1H3. The number of anilines is 1. The van der Waals surface area contributed by atoms with Crippen molar-refractivity contribution in [3.8, 4) is 11.8 Å². The van der Waals surface area contributed by atoms with Crippen molar-refractivity contribution in [2.24, 2.45) is 0 Å². The molecule has 0 saturated heterocycles. The molecule has 1 fully saturated rings. The Morgan fingerprint density at radius 3 is 2.94 bits per heavy atom. The first-order valence-electron chi connectivity index (χ1n) is 5.65. The zero-order valence-corrected chi connectivity index (χ0v) is 9.36. The SMILES string of the molecule is CN1CCOc2ccc(C3(C#N)CC3)cc21. The highest BCUT2D eigenvalue weighted by Gasteiger charge is 2.45. The van der Waals surface area contributed by atoms with E-state index in [0.29, 0.717) is 0 Å². The molecule has 16 heavy (non-hydrogen) atoms. The normalized spacial score (nSPS) is 20.6. The Bertz CT molecular complexity index is 471. The predicted molar refractivity (Wildman–Crippen MR) is 61.7 cm³/mol. The smallest absolute Gasteiger partial charge is 0.142 e. The summed E-state index contributed by atoms with van der Waals surface area (Å²) in [5, 5.41) is 9.19. The molecule has 1 aliphatic carbocycles. The monoisotopic (exact) mass is 214 g/mol. The van der Waals surface area contributed by atoms with Crippen LogP contribution in [-0.4, -0.2) is 20.2 Å². The quantitative estimate of drug-likeness (QED) is 0.718. The first kappa shape index (κ1) is 9.53. The van der Waals surface area contributed by atoms with Gasteiger partial charge in [0.1, 0.15) is 12.4 Å². The van der Waals surface area contributed by atoms with Crippen LogP contribution in [0.25, 0.3) is 0 Å². The van der Waals surface area contributed by atoms with Crippen molar-refractivity contribution in [2.45, 2.75) is 18.3 Å². The van der Waals surface area contributed by atoms with Gasteiger partial charge in [-0.3, -0.25) is 0 Å². The lowest BCUT2D eigenvalue weighted by molar-refractivity contribution is 0.311. The summed E-state index contributed by atoms with van der Waals surface area (Å²) in [6.07, 6.45) is 1.99. The van der Waals surface area contributed by atoms with Gasteiger partial charge in [-0.05, 0) is 30.5 Å². The zero-order chi connectivity index (χ0) is 11.2. The molecule has 1 aromatic carbocycles. The van der Waals surface area contributed by atoms with E-state index in [2.05, 4.69) is 24.1 Å². The van der Waals surface area contributed by atoms with E-state index in [1.807, 2.05) is 12.1 Å². The second-order valence-corrected chi connectivity index (χ2v) is 4.65. The molecule has 0 aromatic heterocycles. The van der Waals surface area contributed by atoms with Crippen molar-refractivity contribution in [2.75, 3.05) is 25.1 Å². The Labute approximate surface area is 95.2 Å². The van der Waals surface area contributed by atoms with Crippen molar-refractivity contribution < 1.29 is 4.74 Å². The lowest BCUT2D eigenvalue weighted by Crippen LogP contribution is -2.29. The molecule has 0 N–H and O–H groups in total. The van der Waals surface area contributed by atoms with Crippen LogP contribution in [0.3, 0.4) is 0 Å². The summed E-state index contributed by atoms with van der Waals surface area (Å²) in [6, 6.07) is 8.58. The summed E-state index contributed by atoms with van der Waals surface area (Å²) in [6.45, 7) is 1.66. The predicted octanol–water partition coefficient (Wildman–Crippen LogP) is 2.07. The van der Waals surface area contributed by atoms with Crippen molar-refractivity contribution in [3.63, 3.8) is 0 Å². The van der Waals surface area contributed by atoms with Gasteiger partial charge in [0.15, 0.2) is 0 Å². The van der Waals surface area contributed by atoms with Crippen molar-refractivity contribution in [3.05, 3.63) is 23.8 Å². The maximum Gasteiger partial charge on any atom is 0.142 e. The van der Waals surface area contributed by atoms with E-state index in [9.17, 15) is 5.26 Å². The number of fused-ring (bicyclic) bond motifs is 1. The minimum Gasteiger partial charge on any atom is -0.490 e. The minimum atomic E-state index is -0.201. The van der Waals surface area contributed by atoms with Crippen LogP contribution in [0, 0.1) is 11.3 Å². The molecule has 3 nitrogen and oxygen atoms in total. The summed E-state index contributed by atoms with van der Waals surface area (Å²) in [7, 11) is 2.07. The molecule has 0 spiro atoms. The van der Waals surface area contributed by atoms with Crippen LogP contribution in [0.2, 0.25) is 0 Å². The maximum absolute atomic E-state index is 9.19. The highest BCUT2D eigenvalue weighted by atomic mass is 16.5. The number of benzene rings is 1. The zero-order valence-electron chi connectivity index (χ0n) is 9.36. The van der Waals surface area contributed by atoms with Gasteiger partial charge in [0.2, 0.25) is 0 Å². The first-order chi connectivity index (χ1) is 7.75. The molecule has 1 saturated carbocycles. The van der Waals surface area contributed by atoms with Crippen LogP contribution in [0.4, 0.5) is 5.69 Å². The van der Waals surface area contributed by atoms with Crippen LogP contribution in [0.1, 0.15) is 18.4 Å². The fraction of sp³-hybridized carbons (Fsp3) is 0.462. The van der Waals surface area contributed by atoms with E-state index >= 15 is 0 Å². The molecular formula is C13H14N2O. The fourth-order valence-corrected chi connectivity index (χ4v) is 2.24. The summed E-state index contributed by atoms with van der Waals surface area (Å²) in [5.41, 5.74) is 2.06. The van der Waals surface area contributed by atoms with Gasteiger partial charge in [0.25, 0.3) is 0 Å². The van der Waals surface area contributed by atoms with Crippen LogP contribution >= 0.6 is 0 Å². The van der Waals surface area contributed by atoms with Gasteiger partial charge in [-0.2, -0.15) is 5.26 Å². The Morgan fingerprint density at radius 1 is 1.44 bits per heavy atom. The van der Waals surface area contributed by atoms with Gasteiger partial charge in [0, 0.05) is 7.05 Å². The van der Waals surface area contributed by atoms with Gasteiger partial charge in [-0.15, -0.1) is 0 Å². The maximum atomic E-state index is 9.19. The number of nitrogens with zero attached hydrogens (tertiary/aromatic N) is 2. The van der Waals surface area contributed by atoms with Crippen LogP contribution < -0.4 is 9.64 Å². The largest absolute Gasteiger partial charge is 0.490 e. The Morgan fingerprint density at radius 2 is 2.25 bits per heavy atom. The van der Waals surface area contributed by atoms with E-state index in [4.69, 9.17) is 4.74 Å². The van der Waals surface area contributed by atoms with Gasteiger partial charge in [-0.25, -0.2) is 0 Å². The van der Waals surface area contributed by atoms with Gasteiger partial charge in [-0.1, -0.05) is 6.07 Å². The summed E-state index contributed by atoms with van der Waals surface area (Å²) in [4.78, 5) is 2.19. The second kappa shape index (κ2) is 3.15. The molecular weight excluding hydrogens is 200 g/mol. The number of hydrogen-bond acceptors (Lipinski definition) is 3. The number of likely N-dealkylation sites (N-methyl/N-ethyl adjacent to an activating group) is 1. The molecule has 0 radical (unpaired) electrons. The molecule has 1 aliphatic heterocycles. The van der Waals surface area contributed by atoms with Crippen molar-refractivity contribution >= 4 is 5.69 Å². The lowest BCUT2D eigenvalue weighted by atomic mass is 9.96. The number of ether oxygens (including phenoxy) is 1. The van der Waals surface area contributed by atoms with Crippen molar-refractivity contribution in [1.82, 2.24) is 0 Å². The molecule has 1 aromatic rings.